The molecule has 6 nitrogen and oxygen atoms in total. The lowest BCUT2D eigenvalue weighted by Crippen LogP contribution is -2.42. The van der Waals surface area contributed by atoms with Crippen LogP contribution >= 0.6 is 0 Å². The van der Waals surface area contributed by atoms with Gasteiger partial charge in [-0.05, 0) is 55.7 Å². The summed E-state index contributed by atoms with van der Waals surface area (Å²) in [6.07, 6.45) is 2.77. The van der Waals surface area contributed by atoms with Crippen molar-refractivity contribution in [2.75, 3.05) is 6.79 Å². The molecule has 2 N–H and O–H groups in total. The molecule has 2 saturated carbocycles. The molecule has 0 unspecified atom stereocenters. The lowest BCUT2D eigenvalue weighted by atomic mass is 9.78. The molecule has 0 spiro atoms. The monoisotopic (exact) mass is 331 g/mol. The van der Waals surface area contributed by atoms with Crippen LogP contribution in [0.5, 0.6) is 11.5 Å². The molecule has 5 atom stereocenters. The van der Waals surface area contributed by atoms with Crippen LogP contribution in [-0.4, -0.2) is 23.8 Å². The van der Waals surface area contributed by atoms with E-state index in [0.29, 0.717) is 11.5 Å². The number of carbonyl (C=O) groups excluding carboxylic acids is 1. The van der Waals surface area contributed by atoms with Gasteiger partial charge in [0.05, 0.1) is 17.9 Å². The maximum absolute atomic E-state index is 12.7. The highest BCUT2D eigenvalue weighted by atomic mass is 16.7. The average molecular weight is 331 g/mol. The van der Waals surface area contributed by atoms with E-state index in [1.807, 2.05) is 25.1 Å². The van der Waals surface area contributed by atoms with Crippen LogP contribution in [0.1, 0.15) is 37.8 Å². The molecule has 128 valence electrons. The van der Waals surface area contributed by atoms with Crippen molar-refractivity contribution < 1.29 is 24.2 Å². The molecule has 3 aliphatic rings. The zero-order valence-electron chi connectivity index (χ0n) is 13.5. The largest absolute Gasteiger partial charge is 0.481 e. The molecule has 0 aromatic heterocycles. The third kappa shape index (κ3) is 2.41. The van der Waals surface area contributed by atoms with E-state index in [4.69, 9.17) is 9.47 Å². The van der Waals surface area contributed by atoms with Gasteiger partial charge in [0, 0.05) is 0 Å². The topological polar surface area (TPSA) is 84.9 Å². The van der Waals surface area contributed by atoms with Crippen molar-refractivity contribution in [2.24, 2.45) is 23.7 Å². The highest BCUT2D eigenvalue weighted by Gasteiger charge is 2.54. The minimum Gasteiger partial charge on any atom is -0.481 e. The Kier molecular flexibility index (Phi) is 3.62. The highest BCUT2D eigenvalue weighted by molar-refractivity contribution is 5.86. The molecule has 1 aliphatic heterocycles. The van der Waals surface area contributed by atoms with Crippen molar-refractivity contribution in [1.29, 1.82) is 0 Å². The second kappa shape index (κ2) is 5.69. The maximum Gasteiger partial charge on any atom is 0.307 e. The van der Waals surface area contributed by atoms with Crippen molar-refractivity contribution in [2.45, 2.75) is 32.2 Å². The van der Waals surface area contributed by atoms with Crippen LogP contribution < -0.4 is 14.8 Å². The van der Waals surface area contributed by atoms with E-state index >= 15 is 0 Å². The van der Waals surface area contributed by atoms with Crippen LogP contribution in [-0.2, 0) is 9.59 Å². The van der Waals surface area contributed by atoms with Gasteiger partial charge in [-0.15, -0.1) is 0 Å². The molecule has 2 aliphatic carbocycles. The van der Waals surface area contributed by atoms with Gasteiger partial charge in [-0.1, -0.05) is 6.07 Å². The van der Waals surface area contributed by atoms with Crippen LogP contribution in [0, 0.1) is 23.7 Å². The van der Waals surface area contributed by atoms with Gasteiger partial charge in [0.25, 0.3) is 0 Å². The van der Waals surface area contributed by atoms with E-state index in [1.54, 1.807) is 0 Å². The second-order valence-corrected chi connectivity index (χ2v) is 7.07. The molecule has 2 bridgehead atoms. The van der Waals surface area contributed by atoms with Crippen molar-refractivity contribution in [3.8, 4) is 11.5 Å². The Morgan fingerprint density at radius 1 is 1.17 bits per heavy atom. The fourth-order valence-electron chi connectivity index (χ4n) is 4.60. The molecule has 2 fully saturated rings. The van der Waals surface area contributed by atoms with Gasteiger partial charge < -0.3 is 19.9 Å². The Hall–Kier alpha value is -2.24. The number of hydrogen-bond acceptors (Lipinski definition) is 4. The van der Waals surface area contributed by atoms with Crippen LogP contribution in [0.3, 0.4) is 0 Å². The normalized spacial score (nSPS) is 31.0. The van der Waals surface area contributed by atoms with E-state index in [9.17, 15) is 14.7 Å². The first-order chi connectivity index (χ1) is 11.5. The van der Waals surface area contributed by atoms with Crippen LogP contribution in [0.4, 0.5) is 0 Å². The number of hydrogen-bond donors (Lipinski definition) is 2. The summed E-state index contributed by atoms with van der Waals surface area (Å²) in [5, 5.41) is 12.5. The first-order valence-electron chi connectivity index (χ1n) is 8.47. The molecular weight excluding hydrogens is 310 g/mol. The summed E-state index contributed by atoms with van der Waals surface area (Å²) < 4.78 is 10.7. The molecule has 6 heteroatoms. The fourth-order valence-corrected chi connectivity index (χ4v) is 4.60. The summed E-state index contributed by atoms with van der Waals surface area (Å²) in [5.41, 5.74) is 0.919. The second-order valence-electron chi connectivity index (χ2n) is 7.07. The first-order valence-corrected chi connectivity index (χ1v) is 8.47. The highest BCUT2D eigenvalue weighted by Crippen LogP contribution is 2.52. The Labute approximate surface area is 140 Å². The van der Waals surface area contributed by atoms with Crippen molar-refractivity contribution in [3.63, 3.8) is 0 Å². The predicted molar refractivity (Wildman–Crippen MR) is 84.6 cm³/mol. The lowest BCUT2D eigenvalue weighted by molar-refractivity contribution is -0.149. The SMILES string of the molecule is C[C@H](NC(=O)[C@H]1[C@H]2CC[C@@H](C2)[C@H]1C(=O)O)c1ccc2c(c1)OCO2. The summed E-state index contributed by atoms with van der Waals surface area (Å²) in [4.78, 5) is 24.3. The number of carboxylic acid groups (broad SMARTS) is 1. The van der Waals surface area contributed by atoms with Gasteiger partial charge in [0.2, 0.25) is 12.7 Å². The summed E-state index contributed by atoms with van der Waals surface area (Å²) in [6, 6.07) is 5.38. The molecule has 24 heavy (non-hydrogen) atoms. The van der Waals surface area contributed by atoms with Gasteiger partial charge >= 0.3 is 5.97 Å². The fraction of sp³-hybridized carbons (Fsp3) is 0.556. The molecular formula is C18H21NO5. The smallest absolute Gasteiger partial charge is 0.307 e. The number of rotatable bonds is 4. The van der Waals surface area contributed by atoms with Gasteiger partial charge in [-0.25, -0.2) is 0 Å². The van der Waals surface area contributed by atoms with E-state index in [2.05, 4.69) is 5.32 Å². The Balaban J connectivity index is 1.48. The number of ether oxygens (including phenoxy) is 2. The maximum atomic E-state index is 12.7. The number of amides is 1. The summed E-state index contributed by atoms with van der Waals surface area (Å²) in [6.45, 7) is 2.11. The molecule has 1 heterocycles. The number of fused-ring (bicyclic) bond motifs is 3. The van der Waals surface area contributed by atoms with E-state index in [1.165, 1.54) is 0 Å². The van der Waals surface area contributed by atoms with Crippen molar-refractivity contribution in [1.82, 2.24) is 5.32 Å². The minimum absolute atomic E-state index is 0.139. The standard InChI is InChI=1S/C18H21NO5/c1-9(10-4-5-13-14(7-10)24-8-23-13)19-17(20)15-11-2-3-12(6-11)16(15)18(21)22/h4-5,7,9,11-12,15-16H,2-3,6,8H2,1H3,(H,19,20)(H,21,22)/t9-,11-,12-,15-,16+/m0/s1. The molecule has 0 radical (unpaired) electrons. The number of nitrogens with one attached hydrogen (secondary N) is 1. The van der Waals surface area contributed by atoms with Gasteiger partial charge in [-0.2, -0.15) is 0 Å². The van der Waals surface area contributed by atoms with Gasteiger partial charge in [-0.3, -0.25) is 9.59 Å². The van der Waals surface area contributed by atoms with Crippen LogP contribution in [0.25, 0.3) is 0 Å². The van der Waals surface area contributed by atoms with Gasteiger partial charge in [0.1, 0.15) is 0 Å². The minimum atomic E-state index is -0.835. The number of carbonyl (C=O) groups is 2. The van der Waals surface area contributed by atoms with Crippen molar-refractivity contribution in [3.05, 3.63) is 23.8 Å². The van der Waals surface area contributed by atoms with Crippen molar-refractivity contribution >= 4 is 11.9 Å². The number of carboxylic acids is 1. The quantitative estimate of drug-likeness (QED) is 0.884. The lowest BCUT2D eigenvalue weighted by Gasteiger charge is -2.28. The molecule has 0 saturated heterocycles. The molecule has 1 aromatic carbocycles. The molecule has 1 aromatic rings. The Morgan fingerprint density at radius 3 is 2.62 bits per heavy atom. The van der Waals surface area contributed by atoms with Crippen LogP contribution in [0.15, 0.2) is 18.2 Å². The number of benzene rings is 1. The Bertz CT molecular complexity index is 688. The zero-order chi connectivity index (χ0) is 16.8. The number of aliphatic carboxylic acids is 1. The third-order valence-corrected chi connectivity index (χ3v) is 5.76. The summed E-state index contributed by atoms with van der Waals surface area (Å²) in [7, 11) is 0. The first kappa shape index (κ1) is 15.3. The molecule has 1 amide bonds. The predicted octanol–water partition coefficient (Wildman–Crippen LogP) is 2.34. The van der Waals surface area contributed by atoms with Crippen LogP contribution in [0.2, 0.25) is 0 Å². The molecule has 4 rings (SSSR count). The van der Waals surface area contributed by atoms with E-state index < -0.39 is 17.8 Å². The third-order valence-electron chi connectivity index (χ3n) is 5.76. The van der Waals surface area contributed by atoms with E-state index in [0.717, 1.165) is 24.8 Å². The van der Waals surface area contributed by atoms with Gasteiger partial charge in [0.15, 0.2) is 11.5 Å². The van der Waals surface area contributed by atoms with E-state index in [-0.39, 0.29) is 30.6 Å². The Morgan fingerprint density at radius 2 is 1.88 bits per heavy atom. The average Bonchev–Trinajstić information content (AvgIpc) is 3.28. The summed E-state index contributed by atoms with van der Waals surface area (Å²) in [5.74, 6) is -0.166. The summed E-state index contributed by atoms with van der Waals surface area (Å²) >= 11 is 0. The zero-order valence-corrected chi connectivity index (χ0v) is 13.5.